The van der Waals surface area contributed by atoms with Crippen molar-refractivity contribution in [1.82, 2.24) is 24.8 Å². The average Bonchev–Trinajstić information content (AvgIpc) is 3.03. The van der Waals surface area contributed by atoms with Crippen LogP contribution < -0.4 is 10.6 Å². The molecule has 30 heavy (non-hydrogen) atoms. The van der Waals surface area contributed by atoms with Gasteiger partial charge in [-0.25, -0.2) is 9.50 Å². The van der Waals surface area contributed by atoms with Gasteiger partial charge in [-0.3, -0.25) is 9.69 Å². The molecule has 8 nitrogen and oxygen atoms in total. The van der Waals surface area contributed by atoms with Gasteiger partial charge in [0.2, 0.25) is 5.91 Å². The normalized spacial score (nSPS) is 20.0. The summed E-state index contributed by atoms with van der Waals surface area (Å²) in [6.45, 7) is 7.20. The fourth-order valence-electron chi connectivity index (χ4n) is 3.91. The van der Waals surface area contributed by atoms with Crippen LogP contribution in [0.4, 0.5) is 5.82 Å². The molecule has 4 rings (SSSR count). The number of nitrogens with one attached hydrogen (secondary N) is 2. The van der Waals surface area contributed by atoms with E-state index < -0.39 is 0 Å². The van der Waals surface area contributed by atoms with Gasteiger partial charge in [0.1, 0.15) is 5.82 Å². The first kappa shape index (κ1) is 20.6. The third kappa shape index (κ3) is 5.25. The number of anilines is 1. The zero-order valence-corrected chi connectivity index (χ0v) is 17.5. The Bertz CT molecular complexity index is 929. The molecular weight excluding hydrogens is 380 g/mol. The molecule has 0 saturated carbocycles. The second kappa shape index (κ2) is 9.86. The molecule has 1 atom stereocenters. The molecule has 1 fully saturated rings. The highest BCUT2D eigenvalue weighted by Crippen LogP contribution is 2.24. The SMILES string of the molecule is CC(=O)NC1C=C(c2cnc3ccc(NCCCN4CCOCC4)nn23)CC=CC1. The fourth-order valence-corrected chi connectivity index (χ4v) is 3.91. The summed E-state index contributed by atoms with van der Waals surface area (Å²) in [4.78, 5) is 18.4. The zero-order valence-electron chi connectivity index (χ0n) is 17.5. The van der Waals surface area contributed by atoms with Gasteiger partial charge in [-0.15, -0.1) is 5.10 Å². The third-order valence-corrected chi connectivity index (χ3v) is 5.44. The summed E-state index contributed by atoms with van der Waals surface area (Å²) in [5.74, 6) is 0.817. The Hall–Kier alpha value is -2.71. The molecule has 3 heterocycles. The van der Waals surface area contributed by atoms with Crippen LogP contribution in [0.3, 0.4) is 0 Å². The summed E-state index contributed by atoms with van der Waals surface area (Å²) in [5, 5.41) is 11.2. The summed E-state index contributed by atoms with van der Waals surface area (Å²) < 4.78 is 7.29. The average molecular weight is 411 g/mol. The highest BCUT2D eigenvalue weighted by atomic mass is 16.5. The Morgan fingerprint density at radius 3 is 2.97 bits per heavy atom. The smallest absolute Gasteiger partial charge is 0.217 e. The largest absolute Gasteiger partial charge is 0.379 e. The Morgan fingerprint density at radius 2 is 2.13 bits per heavy atom. The van der Waals surface area contributed by atoms with E-state index >= 15 is 0 Å². The number of hydrogen-bond donors (Lipinski definition) is 2. The second-order valence-corrected chi connectivity index (χ2v) is 7.78. The molecule has 0 aromatic carbocycles. The molecule has 8 heteroatoms. The molecule has 1 amide bonds. The van der Waals surface area contributed by atoms with E-state index in [0.29, 0.717) is 0 Å². The van der Waals surface area contributed by atoms with Crippen molar-refractivity contribution in [3.63, 3.8) is 0 Å². The highest BCUT2D eigenvalue weighted by Gasteiger charge is 2.15. The monoisotopic (exact) mass is 410 g/mol. The molecule has 160 valence electrons. The number of imidazole rings is 1. The lowest BCUT2D eigenvalue weighted by Crippen LogP contribution is -2.37. The molecule has 2 aromatic rings. The maximum Gasteiger partial charge on any atom is 0.217 e. The van der Waals surface area contributed by atoms with Gasteiger partial charge in [0.15, 0.2) is 5.65 Å². The molecule has 0 spiro atoms. The van der Waals surface area contributed by atoms with Crippen molar-refractivity contribution >= 4 is 22.9 Å². The van der Waals surface area contributed by atoms with Crippen molar-refractivity contribution in [2.75, 3.05) is 44.7 Å². The van der Waals surface area contributed by atoms with E-state index in [4.69, 9.17) is 9.84 Å². The number of carbonyl (C=O) groups is 1. The Labute approximate surface area is 177 Å². The van der Waals surface area contributed by atoms with E-state index in [1.54, 1.807) is 6.92 Å². The van der Waals surface area contributed by atoms with Crippen LogP contribution in [0.2, 0.25) is 0 Å². The van der Waals surface area contributed by atoms with E-state index in [2.05, 4.69) is 38.7 Å². The van der Waals surface area contributed by atoms with Crippen LogP contribution >= 0.6 is 0 Å². The van der Waals surface area contributed by atoms with Crippen LogP contribution in [0.5, 0.6) is 0 Å². The minimum Gasteiger partial charge on any atom is -0.379 e. The van der Waals surface area contributed by atoms with E-state index in [1.165, 1.54) is 0 Å². The quantitative estimate of drug-likeness (QED) is 0.537. The molecular formula is C22H30N6O2. The summed E-state index contributed by atoms with van der Waals surface area (Å²) in [5.41, 5.74) is 2.89. The number of ether oxygens (including phenoxy) is 1. The van der Waals surface area contributed by atoms with Crippen molar-refractivity contribution in [2.45, 2.75) is 32.2 Å². The minimum atomic E-state index is -0.0225. The summed E-state index contributed by atoms with van der Waals surface area (Å²) >= 11 is 0. The first-order valence-electron chi connectivity index (χ1n) is 10.7. The number of nitrogens with zero attached hydrogens (tertiary/aromatic N) is 4. The van der Waals surface area contributed by atoms with Crippen LogP contribution in [-0.2, 0) is 9.53 Å². The molecule has 1 aliphatic heterocycles. The van der Waals surface area contributed by atoms with Crippen molar-refractivity contribution in [2.24, 2.45) is 0 Å². The first-order chi connectivity index (χ1) is 14.7. The van der Waals surface area contributed by atoms with Crippen molar-refractivity contribution in [3.8, 4) is 0 Å². The summed E-state index contributed by atoms with van der Waals surface area (Å²) in [6, 6.07) is 3.95. The molecule has 2 aliphatic rings. The van der Waals surface area contributed by atoms with Gasteiger partial charge in [-0.2, -0.15) is 0 Å². The topological polar surface area (TPSA) is 83.8 Å². The lowest BCUT2D eigenvalue weighted by Gasteiger charge is -2.26. The van der Waals surface area contributed by atoms with Gasteiger partial charge >= 0.3 is 0 Å². The number of allylic oxidation sites excluding steroid dienone is 2. The van der Waals surface area contributed by atoms with Crippen LogP contribution in [0, 0.1) is 0 Å². The van der Waals surface area contributed by atoms with Crippen LogP contribution in [0.1, 0.15) is 31.9 Å². The zero-order chi connectivity index (χ0) is 20.8. The Kier molecular flexibility index (Phi) is 6.76. The number of fused-ring (bicyclic) bond motifs is 1. The number of rotatable bonds is 7. The molecule has 0 radical (unpaired) electrons. The van der Waals surface area contributed by atoms with Crippen molar-refractivity contribution < 1.29 is 9.53 Å². The van der Waals surface area contributed by atoms with Gasteiger partial charge in [0.05, 0.1) is 31.1 Å². The van der Waals surface area contributed by atoms with Gasteiger partial charge in [0, 0.05) is 26.6 Å². The van der Waals surface area contributed by atoms with Gasteiger partial charge in [-0.05, 0) is 43.5 Å². The number of aromatic nitrogens is 3. The molecule has 0 bridgehead atoms. The lowest BCUT2D eigenvalue weighted by molar-refractivity contribution is -0.119. The van der Waals surface area contributed by atoms with Crippen molar-refractivity contribution in [1.29, 1.82) is 0 Å². The second-order valence-electron chi connectivity index (χ2n) is 7.78. The standard InChI is InChI=1S/C22H30N6O2/c1-17(29)25-19-6-3-2-5-18(15-19)20-16-24-22-8-7-21(26-28(20)22)23-9-4-10-27-11-13-30-14-12-27/h2-3,7-8,15-16,19H,4-6,9-14H2,1H3,(H,23,26)(H,25,29). The predicted molar refractivity (Wildman–Crippen MR) is 117 cm³/mol. The molecule has 2 N–H and O–H groups in total. The maximum absolute atomic E-state index is 11.5. The van der Waals surface area contributed by atoms with E-state index in [-0.39, 0.29) is 11.9 Å². The predicted octanol–water partition coefficient (Wildman–Crippen LogP) is 2.10. The third-order valence-electron chi connectivity index (χ3n) is 5.44. The van der Waals surface area contributed by atoms with E-state index in [1.807, 2.05) is 22.8 Å². The van der Waals surface area contributed by atoms with Crippen LogP contribution in [-0.4, -0.2) is 70.8 Å². The molecule has 1 unspecified atom stereocenters. The van der Waals surface area contributed by atoms with E-state index in [9.17, 15) is 4.79 Å². The van der Waals surface area contributed by atoms with Crippen LogP contribution in [0.15, 0.2) is 36.6 Å². The fraction of sp³-hybridized carbons (Fsp3) is 0.500. The Morgan fingerprint density at radius 1 is 1.27 bits per heavy atom. The van der Waals surface area contributed by atoms with E-state index in [0.717, 1.165) is 81.4 Å². The summed E-state index contributed by atoms with van der Waals surface area (Å²) in [7, 11) is 0. The summed E-state index contributed by atoms with van der Waals surface area (Å²) in [6.07, 6.45) is 10.9. The number of morpholine rings is 1. The molecule has 2 aromatic heterocycles. The van der Waals surface area contributed by atoms with Gasteiger partial charge < -0.3 is 15.4 Å². The van der Waals surface area contributed by atoms with Crippen molar-refractivity contribution in [3.05, 3.63) is 42.3 Å². The number of hydrogen-bond acceptors (Lipinski definition) is 6. The van der Waals surface area contributed by atoms with Gasteiger partial charge in [0.25, 0.3) is 0 Å². The van der Waals surface area contributed by atoms with Crippen LogP contribution in [0.25, 0.3) is 11.2 Å². The molecule has 1 saturated heterocycles. The van der Waals surface area contributed by atoms with Gasteiger partial charge in [-0.1, -0.05) is 18.2 Å². The lowest BCUT2D eigenvalue weighted by atomic mass is 10.1. The maximum atomic E-state index is 11.5. The minimum absolute atomic E-state index is 0.0108. The first-order valence-corrected chi connectivity index (χ1v) is 10.7. The number of amides is 1. The highest BCUT2D eigenvalue weighted by molar-refractivity contribution is 5.75. The number of carbonyl (C=O) groups excluding carboxylic acids is 1. The Balaban J connectivity index is 1.43. The molecule has 1 aliphatic carbocycles.